The van der Waals surface area contributed by atoms with Gasteiger partial charge in [-0.2, -0.15) is 0 Å². The van der Waals surface area contributed by atoms with Gasteiger partial charge in [0.25, 0.3) is 0 Å². The average molecular weight is 340 g/mol. The van der Waals surface area contributed by atoms with Gasteiger partial charge in [0.15, 0.2) is 5.96 Å². The summed E-state index contributed by atoms with van der Waals surface area (Å²) in [6.45, 7) is 12.3. The van der Waals surface area contributed by atoms with Gasteiger partial charge < -0.3 is 10.6 Å². The maximum Gasteiger partial charge on any atom is 0.191 e. The van der Waals surface area contributed by atoms with E-state index in [0.29, 0.717) is 12.1 Å². The third-order valence-electron chi connectivity index (χ3n) is 4.55. The fourth-order valence-electron chi connectivity index (χ4n) is 3.04. The second-order valence-corrected chi connectivity index (χ2v) is 7.13. The van der Waals surface area contributed by atoms with Crippen LogP contribution in [0.15, 0.2) is 4.99 Å². The highest BCUT2D eigenvalue weighted by molar-refractivity contribution is 5.80. The fraction of sp³-hybridized carbons (Fsp3) is 0.952. The number of hydrogen-bond donors (Lipinski definition) is 2. The Hall–Kier alpha value is -0.730. The minimum atomic E-state index is 0.566. The van der Waals surface area contributed by atoms with Crippen molar-refractivity contribution in [3.8, 4) is 0 Å². The number of rotatable bonds is 15. The zero-order valence-corrected chi connectivity index (χ0v) is 17.3. The van der Waals surface area contributed by atoms with E-state index >= 15 is 0 Å². The molecule has 0 aromatic rings. The van der Waals surface area contributed by atoms with Crippen LogP contribution in [-0.4, -0.2) is 24.6 Å². The van der Waals surface area contributed by atoms with Gasteiger partial charge in [-0.1, -0.05) is 79.6 Å². The number of guanidine groups is 1. The summed E-state index contributed by atoms with van der Waals surface area (Å²) in [6, 6.07) is 1.13. The molecule has 0 aromatic carbocycles. The summed E-state index contributed by atoms with van der Waals surface area (Å²) < 4.78 is 0. The predicted molar refractivity (Wildman–Crippen MR) is 110 cm³/mol. The molecule has 0 aliphatic carbocycles. The first kappa shape index (κ1) is 23.3. The third-order valence-corrected chi connectivity index (χ3v) is 4.55. The lowest BCUT2D eigenvalue weighted by Gasteiger charge is -2.25. The summed E-state index contributed by atoms with van der Waals surface area (Å²) >= 11 is 0. The molecule has 0 spiro atoms. The first-order valence-corrected chi connectivity index (χ1v) is 10.8. The molecule has 3 nitrogen and oxygen atoms in total. The molecular formula is C21H45N3. The van der Waals surface area contributed by atoms with E-state index in [0.717, 1.165) is 12.5 Å². The van der Waals surface area contributed by atoms with Gasteiger partial charge in [-0.25, -0.2) is 0 Å². The zero-order valence-electron chi connectivity index (χ0n) is 17.3. The maximum atomic E-state index is 4.87. The molecular weight excluding hydrogens is 294 g/mol. The van der Waals surface area contributed by atoms with Crippen molar-refractivity contribution in [1.82, 2.24) is 10.6 Å². The van der Waals surface area contributed by atoms with E-state index in [4.69, 9.17) is 4.99 Å². The van der Waals surface area contributed by atoms with Gasteiger partial charge in [-0.05, 0) is 32.1 Å². The van der Waals surface area contributed by atoms with Gasteiger partial charge in [-0.3, -0.25) is 4.99 Å². The van der Waals surface area contributed by atoms with Crippen LogP contribution in [-0.2, 0) is 0 Å². The second kappa shape index (κ2) is 17.1. The molecule has 0 amide bonds. The van der Waals surface area contributed by atoms with Crippen LogP contribution in [0.1, 0.15) is 112 Å². The molecule has 0 saturated heterocycles. The van der Waals surface area contributed by atoms with Crippen molar-refractivity contribution >= 4 is 5.96 Å². The molecule has 0 aliphatic rings. The molecule has 0 aromatic heterocycles. The highest BCUT2D eigenvalue weighted by Crippen LogP contribution is 2.09. The average Bonchev–Trinajstić information content (AvgIpc) is 2.58. The van der Waals surface area contributed by atoms with Gasteiger partial charge in [0.2, 0.25) is 0 Å². The molecule has 2 N–H and O–H groups in total. The molecule has 24 heavy (non-hydrogen) atoms. The Morgan fingerprint density at radius 1 is 0.625 bits per heavy atom. The SMILES string of the molecule is CCCCN=C(NC(CCC)CCCC)NC(CCC)CCCC. The molecule has 0 aliphatic heterocycles. The summed E-state index contributed by atoms with van der Waals surface area (Å²) in [4.78, 5) is 4.87. The largest absolute Gasteiger partial charge is 0.354 e. The normalized spacial score (nSPS) is 13.4. The van der Waals surface area contributed by atoms with Crippen molar-refractivity contribution in [3.05, 3.63) is 0 Å². The minimum Gasteiger partial charge on any atom is -0.354 e. The van der Waals surface area contributed by atoms with E-state index in [1.165, 1.54) is 77.0 Å². The second-order valence-electron chi connectivity index (χ2n) is 7.13. The van der Waals surface area contributed by atoms with Crippen LogP contribution >= 0.6 is 0 Å². The van der Waals surface area contributed by atoms with Crippen molar-refractivity contribution in [2.45, 2.75) is 124 Å². The first-order valence-electron chi connectivity index (χ1n) is 10.8. The molecule has 2 atom stereocenters. The van der Waals surface area contributed by atoms with Crippen molar-refractivity contribution < 1.29 is 0 Å². The predicted octanol–water partition coefficient (Wildman–Crippen LogP) is 6.04. The van der Waals surface area contributed by atoms with Crippen molar-refractivity contribution in [2.24, 2.45) is 4.99 Å². The van der Waals surface area contributed by atoms with Gasteiger partial charge in [0.1, 0.15) is 0 Å². The first-order chi connectivity index (χ1) is 11.7. The fourth-order valence-corrected chi connectivity index (χ4v) is 3.04. The highest BCUT2D eigenvalue weighted by Gasteiger charge is 2.13. The molecule has 2 unspecified atom stereocenters. The summed E-state index contributed by atoms with van der Waals surface area (Å²) in [5.74, 6) is 1.06. The van der Waals surface area contributed by atoms with Gasteiger partial charge in [-0.15, -0.1) is 0 Å². The maximum absolute atomic E-state index is 4.87. The lowest BCUT2D eigenvalue weighted by atomic mass is 10.0. The molecule has 0 radical (unpaired) electrons. The summed E-state index contributed by atoms with van der Waals surface area (Å²) in [5.41, 5.74) is 0. The number of unbranched alkanes of at least 4 members (excludes halogenated alkanes) is 3. The van der Waals surface area contributed by atoms with Crippen LogP contribution in [0.5, 0.6) is 0 Å². The smallest absolute Gasteiger partial charge is 0.191 e. The molecule has 3 heteroatoms. The standard InChI is InChI=1S/C21H45N3/c1-6-11-16-19(14-9-4)23-21(22-18-13-8-3)24-20(15-10-5)17-12-7-2/h19-20H,6-18H2,1-5H3,(H2,22,23,24). The molecule has 0 rings (SSSR count). The van der Waals surface area contributed by atoms with Crippen molar-refractivity contribution in [1.29, 1.82) is 0 Å². The Bertz CT molecular complexity index is 267. The summed E-state index contributed by atoms with van der Waals surface area (Å²) in [6.07, 6.45) is 15.0. The third kappa shape index (κ3) is 12.7. The van der Waals surface area contributed by atoms with Gasteiger partial charge >= 0.3 is 0 Å². The summed E-state index contributed by atoms with van der Waals surface area (Å²) in [7, 11) is 0. The molecule has 0 saturated carbocycles. The van der Waals surface area contributed by atoms with Crippen molar-refractivity contribution in [3.63, 3.8) is 0 Å². The highest BCUT2D eigenvalue weighted by atomic mass is 15.2. The van der Waals surface area contributed by atoms with Crippen LogP contribution in [0, 0.1) is 0 Å². The topological polar surface area (TPSA) is 36.4 Å². The van der Waals surface area contributed by atoms with E-state index in [-0.39, 0.29) is 0 Å². The van der Waals surface area contributed by atoms with Crippen LogP contribution < -0.4 is 10.6 Å². The minimum absolute atomic E-state index is 0.566. The Kier molecular flexibility index (Phi) is 16.6. The lowest BCUT2D eigenvalue weighted by molar-refractivity contribution is 0.459. The Morgan fingerprint density at radius 2 is 1.08 bits per heavy atom. The molecule has 144 valence electrons. The van der Waals surface area contributed by atoms with Gasteiger partial charge in [0.05, 0.1) is 0 Å². The van der Waals surface area contributed by atoms with E-state index < -0.39 is 0 Å². The number of aliphatic imine (C=N–C) groups is 1. The van der Waals surface area contributed by atoms with E-state index in [9.17, 15) is 0 Å². The van der Waals surface area contributed by atoms with E-state index in [1.54, 1.807) is 0 Å². The van der Waals surface area contributed by atoms with Crippen LogP contribution in [0.4, 0.5) is 0 Å². The zero-order chi connectivity index (χ0) is 18.0. The Morgan fingerprint density at radius 3 is 1.46 bits per heavy atom. The van der Waals surface area contributed by atoms with Crippen LogP contribution in [0.2, 0.25) is 0 Å². The quantitative estimate of drug-likeness (QED) is 0.217. The van der Waals surface area contributed by atoms with E-state index in [2.05, 4.69) is 45.3 Å². The summed E-state index contributed by atoms with van der Waals surface area (Å²) in [5, 5.41) is 7.51. The monoisotopic (exact) mass is 339 g/mol. The Balaban J connectivity index is 4.80. The number of nitrogens with one attached hydrogen (secondary N) is 2. The number of hydrogen-bond acceptors (Lipinski definition) is 1. The lowest BCUT2D eigenvalue weighted by Crippen LogP contribution is -2.47. The molecule has 0 fully saturated rings. The van der Waals surface area contributed by atoms with Crippen molar-refractivity contribution in [2.75, 3.05) is 6.54 Å². The number of nitrogens with zero attached hydrogens (tertiary/aromatic N) is 1. The molecule has 0 bridgehead atoms. The van der Waals surface area contributed by atoms with E-state index in [1.807, 2.05) is 0 Å². The van der Waals surface area contributed by atoms with Crippen LogP contribution in [0.25, 0.3) is 0 Å². The Labute approximate surface area is 152 Å². The molecule has 0 heterocycles. The van der Waals surface area contributed by atoms with Crippen LogP contribution in [0.3, 0.4) is 0 Å². The van der Waals surface area contributed by atoms with Gasteiger partial charge in [0, 0.05) is 18.6 Å².